The van der Waals surface area contributed by atoms with Gasteiger partial charge in [-0.25, -0.2) is 0 Å². The van der Waals surface area contributed by atoms with Crippen LogP contribution < -0.4 is 5.32 Å². The van der Waals surface area contributed by atoms with Crippen LogP contribution in [-0.4, -0.2) is 43.0 Å². The topological polar surface area (TPSA) is 58.6 Å². The summed E-state index contributed by atoms with van der Waals surface area (Å²) in [5, 5.41) is 2.64. The maximum atomic E-state index is 12.1. The van der Waals surface area contributed by atoms with Gasteiger partial charge in [-0.05, 0) is 12.0 Å². The van der Waals surface area contributed by atoms with Crippen molar-refractivity contribution in [1.82, 2.24) is 10.2 Å². The van der Waals surface area contributed by atoms with E-state index in [2.05, 4.69) is 11.9 Å². The van der Waals surface area contributed by atoms with Crippen molar-refractivity contribution in [3.63, 3.8) is 0 Å². The van der Waals surface area contributed by atoms with Crippen molar-refractivity contribution in [2.75, 3.05) is 26.3 Å². The summed E-state index contributed by atoms with van der Waals surface area (Å²) in [4.78, 5) is 25.8. The van der Waals surface area contributed by atoms with Crippen LogP contribution in [0.25, 0.3) is 0 Å². The van der Waals surface area contributed by atoms with Crippen molar-refractivity contribution >= 4 is 11.8 Å². The summed E-state index contributed by atoms with van der Waals surface area (Å²) in [6, 6.07) is 8.74. The summed E-state index contributed by atoms with van der Waals surface area (Å²) < 4.78 is 5.45. The molecule has 1 aromatic carbocycles. The van der Waals surface area contributed by atoms with Crippen LogP contribution in [0.5, 0.6) is 0 Å². The van der Waals surface area contributed by atoms with E-state index in [1.165, 1.54) is 0 Å². The molecule has 0 aliphatic carbocycles. The van der Waals surface area contributed by atoms with E-state index in [9.17, 15) is 9.59 Å². The zero-order valence-corrected chi connectivity index (χ0v) is 12.0. The first-order valence-electron chi connectivity index (χ1n) is 7.05. The molecule has 21 heavy (non-hydrogen) atoms. The van der Waals surface area contributed by atoms with Crippen LogP contribution in [0, 0.1) is 0 Å². The lowest BCUT2D eigenvalue weighted by Crippen LogP contribution is -2.54. The molecule has 1 saturated heterocycles. The van der Waals surface area contributed by atoms with Gasteiger partial charge in [0, 0.05) is 6.54 Å². The van der Waals surface area contributed by atoms with Crippen LogP contribution in [0.15, 0.2) is 43.0 Å². The first-order valence-corrected chi connectivity index (χ1v) is 7.05. The highest BCUT2D eigenvalue weighted by atomic mass is 16.5. The van der Waals surface area contributed by atoms with E-state index in [0.29, 0.717) is 19.8 Å². The van der Waals surface area contributed by atoms with Gasteiger partial charge in [0.2, 0.25) is 11.8 Å². The van der Waals surface area contributed by atoms with E-state index in [0.717, 1.165) is 12.0 Å². The third kappa shape index (κ3) is 3.92. The Bertz CT molecular complexity index is 502. The average molecular weight is 288 g/mol. The molecule has 1 aromatic rings. The van der Waals surface area contributed by atoms with Crippen LogP contribution in [0.3, 0.4) is 0 Å². The molecule has 1 N–H and O–H groups in total. The van der Waals surface area contributed by atoms with Gasteiger partial charge in [-0.1, -0.05) is 36.4 Å². The van der Waals surface area contributed by atoms with E-state index in [-0.39, 0.29) is 18.4 Å². The van der Waals surface area contributed by atoms with Gasteiger partial charge in [-0.3, -0.25) is 9.59 Å². The van der Waals surface area contributed by atoms with Crippen molar-refractivity contribution in [2.45, 2.75) is 12.5 Å². The van der Waals surface area contributed by atoms with Crippen LogP contribution in [0.2, 0.25) is 0 Å². The predicted octanol–water partition coefficient (Wildman–Crippen LogP) is 1.28. The largest absolute Gasteiger partial charge is 0.379 e. The quantitative estimate of drug-likeness (QED) is 0.607. The lowest BCUT2D eigenvalue weighted by molar-refractivity contribution is -0.146. The van der Waals surface area contributed by atoms with Crippen molar-refractivity contribution in [3.8, 4) is 0 Å². The monoisotopic (exact) mass is 288 g/mol. The Kier molecular flexibility index (Phi) is 5.51. The van der Waals surface area contributed by atoms with Gasteiger partial charge >= 0.3 is 0 Å². The molecule has 1 atom stereocenters. The molecular formula is C16H20N2O3. The molecule has 1 fully saturated rings. The Balaban J connectivity index is 2.04. The van der Waals surface area contributed by atoms with Gasteiger partial charge in [-0.2, -0.15) is 0 Å². The zero-order chi connectivity index (χ0) is 15.1. The molecule has 2 amide bonds. The van der Waals surface area contributed by atoms with Gasteiger partial charge in [0.15, 0.2) is 0 Å². The van der Waals surface area contributed by atoms with Gasteiger partial charge < -0.3 is 15.0 Å². The van der Waals surface area contributed by atoms with Crippen LogP contribution in [0.1, 0.15) is 18.0 Å². The molecule has 5 nitrogen and oxygen atoms in total. The molecular weight excluding hydrogens is 268 g/mol. The molecule has 5 heteroatoms. The van der Waals surface area contributed by atoms with Gasteiger partial charge in [0.1, 0.15) is 6.04 Å². The minimum absolute atomic E-state index is 0.0504. The zero-order valence-electron chi connectivity index (χ0n) is 12.0. The van der Waals surface area contributed by atoms with Crippen LogP contribution in [-0.2, 0) is 14.3 Å². The fraction of sp³-hybridized carbons (Fsp3) is 0.375. The molecule has 0 spiro atoms. The highest BCUT2D eigenvalue weighted by Crippen LogP contribution is 2.23. The molecule has 112 valence electrons. The average Bonchev–Trinajstić information content (AvgIpc) is 2.51. The number of hydrogen-bond acceptors (Lipinski definition) is 3. The van der Waals surface area contributed by atoms with Crippen LogP contribution in [0.4, 0.5) is 0 Å². The summed E-state index contributed by atoms with van der Waals surface area (Å²) >= 11 is 0. The van der Waals surface area contributed by atoms with E-state index in [1.807, 2.05) is 30.3 Å². The molecule has 2 rings (SSSR count). The SMILES string of the molecule is C=CCCOCCN1C(=O)CNC(=O)C1c1ccccc1. The smallest absolute Gasteiger partial charge is 0.247 e. The van der Waals surface area contributed by atoms with Gasteiger partial charge in [0.05, 0.1) is 19.8 Å². The molecule has 1 aliphatic heterocycles. The Morgan fingerprint density at radius 1 is 1.29 bits per heavy atom. The van der Waals surface area contributed by atoms with Crippen LogP contribution >= 0.6 is 0 Å². The third-order valence-corrected chi connectivity index (χ3v) is 3.35. The van der Waals surface area contributed by atoms with Crippen molar-refractivity contribution in [2.24, 2.45) is 0 Å². The summed E-state index contributed by atoms with van der Waals surface area (Å²) in [6.07, 6.45) is 2.56. The van der Waals surface area contributed by atoms with Crippen molar-refractivity contribution in [1.29, 1.82) is 0 Å². The van der Waals surface area contributed by atoms with Gasteiger partial charge in [0.25, 0.3) is 0 Å². The Morgan fingerprint density at radius 2 is 2.05 bits per heavy atom. The predicted molar refractivity (Wildman–Crippen MR) is 79.5 cm³/mol. The van der Waals surface area contributed by atoms with Crippen molar-refractivity contribution in [3.05, 3.63) is 48.6 Å². The standard InChI is InChI=1S/C16H20N2O3/c1-2-3-10-21-11-9-18-14(19)12-17-16(20)15(18)13-7-5-4-6-8-13/h2,4-8,15H,1,3,9-12H2,(H,17,20). The summed E-state index contributed by atoms with van der Waals surface area (Å²) in [6.45, 7) is 5.07. The Hall–Kier alpha value is -2.14. The molecule has 1 unspecified atom stereocenters. The number of hydrogen-bond donors (Lipinski definition) is 1. The molecule has 0 aromatic heterocycles. The number of nitrogens with one attached hydrogen (secondary N) is 1. The number of nitrogens with zero attached hydrogens (tertiary/aromatic N) is 1. The number of amides is 2. The van der Waals surface area contributed by atoms with E-state index in [1.54, 1.807) is 11.0 Å². The summed E-state index contributed by atoms with van der Waals surface area (Å²) in [5.41, 5.74) is 0.814. The first-order chi connectivity index (χ1) is 10.2. The number of piperazine rings is 1. The first kappa shape index (κ1) is 15.3. The molecule has 0 radical (unpaired) electrons. The molecule has 1 aliphatic rings. The summed E-state index contributed by atoms with van der Waals surface area (Å²) in [5.74, 6) is -0.234. The maximum Gasteiger partial charge on any atom is 0.247 e. The minimum atomic E-state index is -0.574. The highest BCUT2D eigenvalue weighted by molar-refractivity contribution is 5.95. The number of ether oxygens (including phenoxy) is 1. The lowest BCUT2D eigenvalue weighted by Gasteiger charge is -2.35. The van der Waals surface area contributed by atoms with Gasteiger partial charge in [-0.15, -0.1) is 6.58 Å². The number of rotatable bonds is 7. The fourth-order valence-electron chi connectivity index (χ4n) is 2.30. The molecule has 0 bridgehead atoms. The second kappa shape index (κ2) is 7.59. The van der Waals surface area contributed by atoms with E-state index >= 15 is 0 Å². The minimum Gasteiger partial charge on any atom is -0.379 e. The number of carbonyl (C=O) groups excluding carboxylic acids is 2. The van der Waals surface area contributed by atoms with Crippen molar-refractivity contribution < 1.29 is 14.3 Å². The third-order valence-electron chi connectivity index (χ3n) is 3.35. The Morgan fingerprint density at radius 3 is 2.76 bits per heavy atom. The number of carbonyl (C=O) groups is 2. The highest BCUT2D eigenvalue weighted by Gasteiger charge is 2.35. The molecule has 1 heterocycles. The van der Waals surface area contributed by atoms with E-state index in [4.69, 9.17) is 4.74 Å². The maximum absolute atomic E-state index is 12.1. The molecule has 0 saturated carbocycles. The normalized spacial score (nSPS) is 18.5. The Labute approximate surface area is 124 Å². The second-order valence-electron chi connectivity index (χ2n) is 4.81. The second-order valence-corrected chi connectivity index (χ2v) is 4.81. The lowest BCUT2D eigenvalue weighted by atomic mass is 10.0. The van der Waals surface area contributed by atoms with E-state index < -0.39 is 6.04 Å². The number of benzene rings is 1. The fourth-order valence-corrected chi connectivity index (χ4v) is 2.30. The summed E-state index contributed by atoms with van der Waals surface area (Å²) in [7, 11) is 0.